The highest BCUT2D eigenvalue weighted by Gasteiger charge is 2.54. The maximum Gasteiger partial charge on any atom is 0.307 e. The molecule has 2 saturated carbocycles. The van der Waals surface area contributed by atoms with Crippen molar-refractivity contribution in [2.24, 2.45) is 23.7 Å². The molecule has 2 bridgehead atoms. The van der Waals surface area contributed by atoms with Crippen molar-refractivity contribution in [1.29, 1.82) is 0 Å². The van der Waals surface area contributed by atoms with Crippen molar-refractivity contribution in [3.63, 3.8) is 0 Å². The number of hydrogen-bond donors (Lipinski definition) is 2. The van der Waals surface area contributed by atoms with Gasteiger partial charge >= 0.3 is 5.97 Å². The zero-order chi connectivity index (χ0) is 19.9. The van der Waals surface area contributed by atoms with Crippen LogP contribution in [0, 0.1) is 23.7 Å². The van der Waals surface area contributed by atoms with E-state index >= 15 is 0 Å². The van der Waals surface area contributed by atoms with Crippen LogP contribution in [0.25, 0.3) is 0 Å². The molecule has 1 saturated heterocycles. The lowest BCUT2D eigenvalue weighted by atomic mass is 9.78. The number of benzene rings is 1. The maximum atomic E-state index is 12.8. The minimum Gasteiger partial charge on any atom is -0.481 e. The second kappa shape index (κ2) is 7.46. The molecule has 1 amide bonds. The summed E-state index contributed by atoms with van der Waals surface area (Å²) in [5.41, 5.74) is 0.367. The lowest BCUT2D eigenvalue weighted by Gasteiger charge is -2.27. The van der Waals surface area contributed by atoms with Crippen molar-refractivity contribution in [3.05, 3.63) is 24.3 Å². The van der Waals surface area contributed by atoms with E-state index in [1.807, 2.05) is 0 Å². The average Bonchev–Trinajstić information content (AvgIpc) is 3.30. The zero-order valence-corrected chi connectivity index (χ0v) is 16.2. The second-order valence-corrected chi connectivity index (χ2v) is 9.69. The number of nitrogens with one attached hydrogen (secondary N) is 1. The van der Waals surface area contributed by atoms with Crippen LogP contribution < -0.4 is 5.32 Å². The van der Waals surface area contributed by atoms with E-state index in [-0.39, 0.29) is 22.6 Å². The quantitative estimate of drug-likeness (QED) is 0.761. The van der Waals surface area contributed by atoms with Gasteiger partial charge in [-0.25, -0.2) is 8.42 Å². The Kier molecular flexibility index (Phi) is 5.15. The smallest absolute Gasteiger partial charge is 0.307 e. The Morgan fingerprint density at radius 3 is 2.46 bits per heavy atom. The standard InChI is InChI=1S/C19H24N2O6S/c22-18(16-12-4-5-13(10-12)17(16)19(23)24)20-14-2-1-3-15(11-14)28(25,26)21-6-8-27-9-7-21/h1-3,11-13,16-17H,4-10H2,(H,20,22)(H,23,24)/t12-,13-,16+,17+/m0/s1. The van der Waals surface area contributed by atoms with E-state index in [0.717, 1.165) is 19.3 Å². The molecule has 1 aliphatic heterocycles. The number of rotatable bonds is 5. The van der Waals surface area contributed by atoms with Gasteiger partial charge in [-0.3, -0.25) is 9.59 Å². The Balaban J connectivity index is 1.52. The van der Waals surface area contributed by atoms with Gasteiger partial charge in [0, 0.05) is 18.8 Å². The fourth-order valence-corrected chi connectivity index (χ4v) is 6.37. The zero-order valence-electron chi connectivity index (χ0n) is 15.4. The lowest BCUT2D eigenvalue weighted by Crippen LogP contribution is -2.40. The summed E-state index contributed by atoms with van der Waals surface area (Å²) in [7, 11) is -3.66. The number of amides is 1. The van der Waals surface area contributed by atoms with E-state index in [0.29, 0.717) is 32.0 Å². The third kappa shape index (κ3) is 3.42. The van der Waals surface area contributed by atoms with Crippen LogP contribution in [0.1, 0.15) is 19.3 Å². The lowest BCUT2D eigenvalue weighted by molar-refractivity contribution is -0.148. The highest BCUT2D eigenvalue weighted by molar-refractivity contribution is 7.89. The molecule has 1 aromatic carbocycles. The normalized spacial score (nSPS) is 30.3. The minimum atomic E-state index is -3.66. The number of sulfonamides is 1. The van der Waals surface area contributed by atoms with Crippen LogP contribution in [-0.4, -0.2) is 56.0 Å². The molecule has 4 rings (SSSR count). The van der Waals surface area contributed by atoms with Gasteiger partial charge in [-0.05, 0) is 49.3 Å². The summed E-state index contributed by atoms with van der Waals surface area (Å²) in [5, 5.41) is 12.3. The molecule has 28 heavy (non-hydrogen) atoms. The maximum absolute atomic E-state index is 12.8. The number of hydrogen-bond acceptors (Lipinski definition) is 5. The minimum absolute atomic E-state index is 0.0614. The fourth-order valence-electron chi connectivity index (χ4n) is 4.92. The Hall–Kier alpha value is -1.97. The van der Waals surface area contributed by atoms with Crippen molar-refractivity contribution in [2.45, 2.75) is 24.2 Å². The van der Waals surface area contributed by atoms with Crippen LogP contribution in [-0.2, 0) is 24.3 Å². The number of carboxylic acid groups (broad SMARTS) is 1. The van der Waals surface area contributed by atoms with Crippen molar-refractivity contribution in [2.75, 3.05) is 31.6 Å². The SMILES string of the molecule is O=C(O)[C@@H]1[C@H]2CC[C@@H](C2)[C@H]1C(=O)Nc1cccc(S(=O)(=O)N2CCOCC2)c1. The van der Waals surface area contributed by atoms with Gasteiger partial charge in [-0.1, -0.05) is 6.07 Å². The van der Waals surface area contributed by atoms with E-state index in [4.69, 9.17) is 4.74 Å². The number of anilines is 1. The molecule has 0 radical (unpaired) electrons. The van der Waals surface area contributed by atoms with Gasteiger partial charge in [0.2, 0.25) is 15.9 Å². The summed E-state index contributed by atoms with van der Waals surface area (Å²) in [5.74, 6) is -2.32. The van der Waals surface area contributed by atoms with Crippen LogP contribution in [0.4, 0.5) is 5.69 Å². The molecular formula is C19H24N2O6S. The summed E-state index contributed by atoms with van der Waals surface area (Å²) in [6.45, 7) is 1.31. The first-order chi connectivity index (χ1) is 13.4. The van der Waals surface area contributed by atoms with Crippen molar-refractivity contribution in [3.8, 4) is 0 Å². The van der Waals surface area contributed by atoms with Crippen LogP contribution in [0.3, 0.4) is 0 Å². The van der Waals surface area contributed by atoms with E-state index < -0.39 is 27.8 Å². The molecule has 2 aliphatic carbocycles. The van der Waals surface area contributed by atoms with Crippen molar-refractivity contribution >= 4 is 27.6 Å². The van der Waals surface area contributed by atoms with Gasteiger partial charge in [0.05, 0.1) is 29.9 Å². The summed E-state index contributed by atoms with van der Waals surface area (Å²) < 4.78 is 32.2. The summed E-state index contributed by atoms with van der Waals surface area (Å²) in [6, 6.07) is 6.14. The average molecular weight is 408 g/mol. The highest BCUT2D eigenvalue weighted by atomic mass is 32.2. The largest absolute Gasteiger partial charge is 0.481 e. The molecule has 0 unspecified atom stereocenters. The third-order valence-corrected chi connectivity index (χ3v) is 8.11. The monoisotopic (exact) mass is 408 g/mol. The second-order valence-electron chi connectivity index (χ2n) is 7.76. The number of carbonyl (C=O) groups excluding carboxylic acids is 1. The highest BCUT2D eigenvalue weighted by Crippen LogP contribution is 2.52. The number of nitrogens with zero attached hydrogens (tertiary/aromatic N) is 1. The van der Waals surface area contributed by atoms with Gasteiger partial charge in [-0.2, -0.15) is 4.31 Å². The molecule has 3 aliphatic rings. The molecule has 4 atom stereocenters. The molecule has 3 fully saturated rings. The predicted molar refractivity (Wildman–Crippen MR) is 100 cm³/mol. The van der Waals surface area contributed by atoms with E-state index in [2.05, 4.69) is 5.32 Å². The first kappa shape index (κ1) is 19.4. The number of carboxylic acids is 1. The molecule has 1 heterocycles. The third-order valence-electron chi connectivity index (χ3n) is 6.21. The first-order valence-electron chi connectivity index (χ1n) is 9.59. The van der Waals surface area contributed by atoms with Gasteiger partial charge in [-0.15, -0.1) is 0 Å². The molecule has 2 N–H and O–H groups in total. The van der Waals surface area contributed by atoms with E-state index in [9.17, 15) is 23.1 Å². The topological polar surface area (TPSA) is 113 Å². The van der Waals surface area contributed by atoms with Crippen LogP contribution in [0.15, 0.2) is 29.2 Å². The number of morpholine rings is 1. The molecular weight excluding hydrogens is 384 g/mol. The van der Waals surface area contributed by atoms with Crippen molar-refractivity contribution in [1.82, 2.24) is 4.31 Å². The summed E-state index contributed by atoms with van der Waals surface area (Å²) in [6.07, 6.45) is 2.51. The molecule has 9 heteroatoms. The van der Waals surface area contributed by atoms with Gasteiger partial charge in [0.1, 0.15) is 0 Å². The fraction of sp³-hybridized carbons (Fsp3) is 0.579. The molecule has 0 aromatic heterocycles. The molecule has 8 nitrogen and oxygen atoms in total. The van der Waals surface area contributed by atoms with Crippen LogP contribution >= 0.6 is 0 Å². The van der Waals surface area contributed by atoms with E-state index in [1.54, 1.807) is 12.1 Å². The van der Waals surface area contributed by atoms with Gasteiger partial charge in [0.15, 0.2) is 0 Å². The number of fused-ring (bicyclic) bond motifs is 2. The van der Waals surface area contributed by atoms with Crippen LogP contribution in [0.2, 0.25) is 0 Å². The predicted octanol–water partition coefficient (Wildman–Crippen LogP) is 1.39. The van der Waals surface area contributed by atoms with Gasteiger partial charge in [0.25, 0.3) is 0 Å². The summed E-state index contributed by atoms with van der Waals surface area (Å²) in [4.78, 5) is 24.6. The Morgan fingerprint density at radius 2 is 1.79 bits per heavy atom. The molecule has 152 valence electrons. The number of ether oxygens (including phenoxy) is 1. The Bertz CT molecular complexity index is 880. The number of aliphatic carboxylic acids is 1. The molecule has 1 aromatic rings. The Morgan fingerprint density at radius 1 is 1.11 bits per heavy atom. The first-order valence-corrected chi connectivity index (χ1v) is 11.0. The summed E-state index contributed by atoms with van der Waals surface area (Å²) >= 11 is 0. The number of carbonyl (C=O) groups is 2. The van der Waals surface area contributed by atoms with Crippen molar-refractivity contribution < 1.29 is 27.9 Å². The van der Waals surface area contributed by atoms with E-state index in [1.165, 1.54) is 16.4 Å². The van der Waals surface area contributed by atoms with Gasteiger partial charge < -0.3 is 15.2 Å². The Labute approximate surface area is 163 Å². The van der Waals surface area contributed by atoms with Crippen LogP contribution in [0.5, 0.6) is 0 Å². The molecule has 0 spiro atoms.